The summed E-state index contributed by atoms with van der Waals surface area (Å²) in [7, 11) is 0. The minimum atomic E-state index is -0.178. The molecule has 1 N–H and O–H groups in total. The summed E-state index contributed by atoms with van der Waals surface area (Å²) in [6.45, 7) is 5.79. The highest BCUT2D eigenvalue weighted by Crippen LogP contribution is 2.20. The molecule has 2 rings (SSSR count). The summed E-state index contributed by atoms with van der Waals surface area (Å²) >= 11 is 0. The number of aryl methyl sites for hydroxylation is 2. The van der Waals surface area contributed by atoms with Gasteiger partial charge in [0.25, 0.3) is 0 Å². The summed E-state index contributed by atoms with van der Waals surface area (Å²) in [5.74, 6) is 0.586. The van der Waals surface area contributed by atoms with E-state index in [2.05, 4.69) is 15.3 Å². The molecule has 2 aromatic rings. The van der Waals surface area contributed by atoms with Crippen LogP contribution < -0.4 is 5.32 Å². The lowest BCUT2D eigenvalue weighted by Crippen LogP contribution is -2.09. The molecule has 0 amide bonds. The van der Waals surface area contributed by atoms with Crippen molar-refractivity contribution in [3.05, 3.63) is 53.2 Å². The van der Waals surface area contributed by atoms with Gasteiger partial charge >= 0.3 is 0 Å². The van der Waals surface area contributed by atoms with Crippen LogP contribution in [0.5, 0.6) is 0 Å². The Morgan fingerprint density at radius 3 is 2.74 bits per heavy atom. The first-order valence-electron chi connectivity index (χ1n) is 6.43. The smallest absolute Gasteiger partial charge is 0.130 e. The van der Waals surface area contributed by atoms with Gasteiger partial charge in [0.1, 0.15) is 18.0 Å². The lowest BCUT2D eigenvalue weighted by Gasteiger charge is -2.15. The maximum absolute atomic E-state index is 13.5. The fraction of sp³-hybridized carbons (Fsp3) is 0.333. The van der Waals surface area contributed by atoms with E-state index < -0.39 is 0 Å². The summed E-state index contributed by atoms with van der Waals surface area (Å²) in [5.41, 5.74) is 2.55. The molecule has 1 aromatic heterocycles. The average molecular weight is 259 g/mol. The Hall–Kier alpha value is -1.97. The molecule has 4 heteroatoms. The number of rotatable bonds is 4. The van der Waals surface area contributed by atoms with Gasteiger partial charge in [-0.05, 0) is 37.5 Å². The standard InChI is InChI=1S/C15H18FN3/c1-4-13-8-15(18-9-17-13)19-11(3)12-6-5-10(2)14(16)7-12/h5-9,11H,4H2,1-3H3,(H,17,18,19). The van der Waals surface area contributed by atoms with Gasteiger partial charge in [0.05, 0.1) is 6.04 Å². The van der Waals surface area contributed by atoms with Crippen LogP contribution in [-0.4, -0.2) is 9.97 Å². The Morgan fingerprint density at radius 1 is 1.26 bits per heavy atom. The summed E-state index contributed by atoms with van der Waals surface area (Å²) < 4.78 is 13.5. The Bertz CT molecular complexity index is 569. The SMILES string of the molecule is CCc1cc(NC(C)c2ccc(C)c(F)c2)ncn1. The third kappa shape index (κ3) is 3.28. The van der Waals surface area contributed by atoms with Gasteiger partial charge < -0.3 is 5.32 Å². The van der Waals surface area contributed by atoms with Gasteiger partial charge in [-0.1, -0.05) is 19.1 Å². The molecule has 1 aromatic carbocycles. The third-order valence-electron chi connectivity index (χ3n) is 3.15. The second-order valence-corrected chi connectivity index (χ2v) is 4.62. The zero-order chi connectivity index (χ0) is 13.8. The molecular weight excluding hydrogens is 241 g/mol. The molecule has 3 nitrogen and oxygen atoms in total. The number of aromatic nitrogens is 2. The quantitative estimate of drug-likeness (QED) is 0.910. The van der Waals surface area contributed by atoms with E-state index in [0.29, 0.717) is 5.56 Å². The Kier molecular flexibility index (Phi) is 4.10. The van der Waals surface area contributed by atoms with Crippen LogP contribution in [0.1, 0.15) is 36.7 Å². The first kappa shape index (κ1) is 13.5. The molecule has 0 aliphatic heterocycles. The van der Waals surface area contributed by atoms with Crippen molar-refractivity contribution in [2.24, 2.45) is 0 Å². The van der Waals surface area contributed by atoms with Crippen molar-refractivity contribution >= 4 is 5.82 Å². The van der Waals surface area contributed by atoms with E-state index in [4.69, 9.17) is 0 Å². The first-order chi connectivity index (χ1) is 9.10. The van der Waals surface area contributed by atoms with Crippen LogP contribution in [-0.2, 0) is 6.42 Å². The maximum atomic E-state index is 13.5. The van der Waals surface area contributed by atoms with E-state index in [-0.39, 0.29) is 11.9 Å². The Balaban J connectivity index is 2.15. The van der Waals surface area contributed by atoms with E-state index in [1.165, 1.54) is 0 Å². The second kappa shape index (κ2) is 5.78. The van der Waals surface area contributed by atoms with Gasteiger partial charge in [0, 0.05) is 11.8 Å². The zero-order valence-corrected chi connectivity index (χ0v) is 11.4. The van der Waals surface area contributed by atoms with Gasteiger partial charge in [-0.3, -0.25) is 0 Å². The summed E-state index contributed by atoms with van der Waals surface area (Å²) in [5, 5.41) is 3.26. The highest BCUT2D eigenvalue weighted by Gasteiger charge is 2.08. The zero-order valence-electron chi connectivity index (χ0n) is 11.4. The van der Waals surface area contributed by atoms with Gasteiger partial charge in [-0.25, -0.2) is 14.4 Å². The molecule has 0 aliphatic carbocycles. The van der Waals surface area contributed by atoms with Crippen molar-refractivity contribution in [2.45, 2.75) is 33.2 Å². The van der Waals surface area contributed by atoms with E-state index in [1.807, 2.05) is 26.0 Å². The predicted molar refractivity (Wildman–Crippen MR) is 74.6 cm³/mol. The number of nitrogens with one attached hydrogen (secondary N) is 1. The molecule has 19 heavy (non-hydrogen) atoms. The largest absolute Gasteiger partial charge is 0.363 e. The second-order valence-electron chi connectivity index (χ2n) is 4.62. The van der Waals surface area contributed by atoms with Gasteiger partial charge in [-0.15, -0.1) is 0 Å². The molecular formula is C15H18FN3. The molecule has 0 aliphatic rings. The lowest BCUT2D eigenvalue weighted by molar-refractivity contribution is 0.614. The number of anilines is 1. The van der Waals surface area contributed by atoms with Crippen molar-refractivity contribution < 1.29 is 4.39 Å². The predicted octanol–water partition coefficient (Wildman–Crippen LogP) is 3.66. The summed E-state index contributed by atoms with van der Waals surface area (Å²) in [6, 6.07) is 7.20. The van der Waals surface area contributed by atoms with Crippen LogP contribution in [0.25, 0.3) is 0 Å². The number of hydrogen-bond acceptors (Lipinski definition) is 3. The van der Waals surface area contributed by atoms with Gasteiger partial charge in [-0.2, -0.15) is 0 Å². The number of hydrogen-bond donors (Lipinski definition) is 1. The van der Waals surface area contributed by atoms with Gasteiger partial charge in [0.15, 0.2) is 0 Å². The average Bonchev–Trinajstić information content (AvgIpc) is 2.42. The van der Waals surface area contributed by atoms with Crippen LogP contribution in [0, 0.1) is 12.7 Å². The maximum Gasteiger partial charge on any atom is 0.130 e. The third-order valence-corrected chi connectivity index (χ3v) is 3.15. The molecule has 0 saturated heterocycles. The van der Waals surface area contributed by atoms with Gasteiger partial charge in [0.2, 0.25) is 0 Å². The van der Waals surface area contributed by atoms with E-state index >= 15 is 0 Å². The monoisotopic (exact) mass is 259 g/mol. The molecule has 0 saturated carbocycles. The number of nitrogens with zero attached hydrogens (tertiary/aromatic N) is 2. The first-order valence-corrected chi connectivity index (χ1v) is 6.43. The topological polar surface area (TPSA) is 37.8 Å². The van der Waals surface area contributed by atoms with Crippen molar-refractivity contribution in [1.82, 2.24) is 9.97 Å². The van der Waals surface area contributed by atoms with Crippen molar-refractivity contribution in [2.75, 3.05) is 5.32 Å². The van der Waals surface area contributed by atoms with Crippen molar-refractivity contribution in [3.63, 3.8) is 0 Å². The summed E-state index contributed by atoms with van der Waals surface area (Å²) in [4.78, 5) is 8.33. The van der Waals surface area contributed by atoms with Crippen molar-refractivity contribution in [1.29, 1.82) is 0 Å². The molecule has 1 unspecified atom stereocenters. The minimum absolute atomic E-state index is 0.00490. The summed E-state index contributed by atoms with van der Waals surface area (Å²) in [6.07, 6.45) is 2.41. The molecule has 1 atom stereocenters. The van der Waals surface area contributed by atoms with Crippen molar-refractivity contribution in [3.8, 4) is 0 Å². The van der Waals surface area contributed by atoms with Crippen LogP contribution >= 0.6 is 0 Å². The number of halogens is 1. The van der Waals surface area contributed by atoms with E-state index in [1.54, 1.807) is 25.4 Å². The highest BCUT2D eigenvalue weighted by molar-refractivity contribution is 5.39. The minimum Gasteiger partial charge on any atom is -0.363 e. The molecule has 0 spiro atoms. The molecule has 100 valence electrons. The Labute approximate surface area is 112 Å². The highest BCUT2D eigenvalue weighted by atomic mass is 19.1. The fourth-order valence-electron chi connectivity index (χ4n) is 1.85. The van der Waals surface area contributed by atoms with E-state index in [0.717, 1.165) is 23.5 Å². The number of benzene rings is 1. The normalized spacial score (nSPS) is 12.2. The van der Waals surface area contributed by atoms with Crippen LogP contribution in [0.2, 0.25) is 0 Å². The van der Waals surface area contributed by atoms with Crippen LogP contribution in [0.15, 0.2) is 30.6 Å². The van der Waals surface area contributed by atoms with E-state index in [9.17, 15) is 4.39 Å². The molecule has 0 fully saturated rings. The lowest BCUT2D eigenvalue weighted by atomic mass is 10.1. The molecule has 1 heterocycles. The molecule has 0 radical (unpaired) electrons. The Morgan fingerprint density at radius 2 is 2.05 bits per heavy atom. The van der Waals surface area contributed by atoms with Crippen LogP contribution in [0.4, 0.5) is 10.2 Å². The van der Waals surface area contributed by atoms with Crippen LogP contribution in [0.3, 0.4) is 0 Å². The fourth-order valence-corrected chi connectivity index (χ4v) is 1.85. The molecule has 0 bridgehead atoms.